The average molecular weight is 235 g/mol. The summed E-state index contributed by atoms with van der Waals surface area (Å²) in [5.74, 6) is 0. The van der Waals surface area contributed by atoms with Crippen molar-refractivity contribution in [3.63, 3.8) is 0 Å². The third-order valence-corrected chi connectivity index (χ3v) is 2.30. The van der Waals surface area contributed by atoms with E-state index in [1.54, 1.807) is 12.3 Å². The summed E-state index contributed by atoms with van der Waals surface area (Å²) in [6.07, 6.45) is 5.56. The smallest absolute Gasteiger partial charge is 0.129 e. The maximum absolute atomic E-state index is 5.75. The van der Waals surface area contributed by atoms with Gasteiger partial charge in [0.1, 0.15) is 5.15 Å². The number of allylic oxidation sites excluding steroid dienone is 2. The fraction of sp³-hybridized carbons (Fsp3) is 0.154. The molecule has 0 aliphatic carbocycles. The van der Waals surface area contributed by atoms with Gasteiger partial charge in [-0.05, 0) is 31.6 Å². The van der Waals surface area contributed by atoms with Crippen LogP contribution in [0.15, 0.2) is 55.0 Å². The van der Waals surface area contributed by atoms with Crippen molar-refractivity contribution in [1.82, 2.24) is 4.98 Å². The van der Waals surface area contributed by atoms with Crippen molar-refractivity contribution in [1.29, 1.82) is 0 Å². The minimum absolute atomic E-state index is 0.477. The molecule has 1 rings (SSSR count). The third kappa shape index (κ3) is 2.97. The van der Waals surface area contributed by atoms with E-state index in [-0.39, 0.29) is 0 Å². The van der Waals surface area contributed by atoms with Gasteiger partial charge in [-0.1, -0.05) is 30.8 Å². The van der Waals surface area contributed by atoms with Crippen molar-refractivity contribution in [2.24, 2.45) is 0 Å². The second-order valence-corrected chi connectivity index (χ2v) is 3.81. The molecule has 2 nitrogen and oxygen atoms in total. The zero-order valence-corrected chi connectivity index (χ0v) is 10.3. The van der Waals surface area contributed by atoms with E-state index in [9.17, 15) is 0 Å². The Morgan fingerprint density at radius 1 is 1.44 bits per heavy atom. The number of anilines is 1. The lowest BCUT2D eigenvalue weighted by Crippen LogP contribution is -2.15. The molecule has 0 spiro atoms. The highest BCUT2D eigenvalue weighted by molar-refractivity contribution is 6.29. The maximum atomic E-state index is 5.75. The fourth-order valence-corrected chi connectivity index (χ4v) is 1.31. The van der Waals surface area contributed by atoms with E-state index in [0.717, 1.165) is 17.0 Å². The van der Waals surface area contributed by atoms with Crippen LogP contribution < -0.4 is 4.90 Å². The molecule has 0 amide bonds. The van der Waals surface area contributed by atoms with Crippen LogP contribution in [0.4, 0.5) is 5.69 Å². The fourth-order valence-electron chi connectivity index (χ4n) is 1.20. The Balaban J connectivity index is 3.07. The summed E-state index contributed by atoms with van der Waals surface area (Å²) < 4.78 is 0. The number of halogens is 1. The first kappa shape index (κ1) is 12.5. The lowest BCUT2D eigenvalue weighted by atomic mass is 10.2. The van der Waals surface area contributed by atoms with Crippen LogP contribution in [0, 0.1) is 0 Å². The molecule has 84 valence electrons. The second-order valence-electron chi connectivity index (χ2n) is 3.42. The lowest BCUT2D eigenvalue weighted by molar-refractivity contribution is 1.14. The summed E-state index contributed by atoms with van der Waals surface area (Å²) in [5.41, 5.74) is 2.66. The van der Waals surface area contributed by atoms with Crippen LogP contribution in [0.25, 0.3) is 0 Å². The van der Waals surface area contributed by atoms with Crippen LogP contribution in [0.5, 0.6) is 0 Å². The van der Waals surface area contributed by atoms with Crippen molar-refractivity contribution < 1.29 is 0 Å². The van der Waals surface area contributed by atoms with E-state index in [1.807, 2.05) is 37.1 Å². The minimum Gasteiger partial charge on any atom is -0.316 e. The summed E-state index contributed by atoms with van der Waals surface area (Å²) in [7, 11) is 0. The Morgan fingerprint density at radius 3 is 2.56 bits per heavy atom. The van der Waals surface area contributed by atoms with Crippen LogP contribution in [0.3, 0.4) is 0 Å². The molecule has 1 aromatic rings. The Morgan fingerprint density at radius 2 is 2.12 bits per heavy atom. The SMILES string of the molecule is C=C(C)C(=C)N(/C=C\C)c1ccc(Cl)nc1. The predicted molar refractivity (Wildman–Crippen MR) is 70.5 cm³/mol. The molecule has 0 saturated heterocycles. The van der Waals surface area contributed by atoms with Crippen molar-refractivity contribution in [3.05, 3.63) is 60.2 Å². The molecule has 0 aliphatic heterocycles. The van der Waals surface area contributed by atoms with Gasteiger partial charge in [0, 0.05) is 11.9 Å². The Hall–Kier alpha value is -1.54. The number of nitrogens with zero attached hydrogens (tertiary/aromatic N) is 2. The zero-order valence-electron chi connectivity index (χ0n) is 9.57. The molecule has 1 aromatic heterocycles. The lowest BCUT2D eigenvalue weighted by Gasteiger charge is -2.22. The largest absolute Gasteiger partial charge is 0.316 e. The molecular weight excluding hydrogens is 220 g/mol. The van der Waals surface area contributed by atoms with E-state index in [0.29, 0.717) is 5.15 Å². The van der Waals surface area contributed by atoms with Gasteiger partial charge in [-0.25, -0.2) is 4.98 Å². The van der Waals surface area contributed by atoms with Crippen LogP contribution >= 0.6 is 11.6 Å². The van der Waals surface area contributed by atoms with E-state index >= 15 is 0 Å². The van der Waals surface area contributed by atoms with Crippen LogP contribution in [0.1, 0.15) is 13.8 Å². The summed E-state index contributed by atoms with van der Waals surface area (Å²) in [4.78, 5) is 5.97. The van der Waals surface area contributed by atoms with Crippen molar-refractivity contribution >= 4 is 17.3 Å². The van der Waals surface area contributed by atoms with E-state index < -0.39 is 0 Å². The van der Waals surface area contributed by atoms with Crippen LogP contribution in [-0.2, 0) is 0 Å². The molecule has 1 heterocycles. The Kier molecular flexibility index (Phi) is 4.32. The van der Waals surface area contributed by atoms with Gasteiger partial charge in [-0.15, -0.1) is 0 Å². The third-order valence-electron chi connectivity index (χ3n) is 2.07. The van der Waals surface area contributed by atoms with Crippen LogP contribution in [0.2, 0.25) is 5.15 Å². The molecule has 3 heteroatoms. The topological polar surface area (TPSA) is 16.1 Å². The standard InChI is InChI=1S/C13H15ClN2/c1-5-8-16(11(4)10(2)3)12-6-7-13(14)15-9-12/h5-9H,2,4H2,1,3H3/b8-5-. The zero-order chi connectivity index (χ0) is 12.1. The summed E-state index contributed by atoms with van der Waals surface area (Å²) in [5, 5.41) is 0.477. The van der Waals surface area contributed by atoms with Gasteiger partial charge in [0.25, 0.3) is 0 Å². The highest BCUT2D eigenvalue weighted by Gasteiger charge is 2.07. The van der Waals surface area contributed by atoms with E-state index in [2.05, 4.69) is 18.1 Å². The molecule has 0 N–H and O–H groups in total. The van der Waals surface area contributed by atoms with Gasteiger partial charge >= 0.3 is 0 Å². The monoisotopic (exact) mass is 234 g/mol. The normalized spacial score (nSPS) is 10.4. The number of aromatic nitrogens is 1. The molecular formula is C13H15ClN2. The molecule has 0 aromatic carbocycles. The first-order valence-corrected chi connectivity index (χ1v) is 5.32. The molecule has 0 aliphatic rings. The number of pyridine rings is 1. The van der Waals surface area contributed by atoms with E-state index in [1.165, 1.54) is 0 Å². The summed E-state index contributed by atoms with van der Waals surface area (Å²) >= 11 is 5.75. The quantitative estimate of drug-likeness (QED) is 0.574. The first-order chi connectivity index (χ1) is 7.56. The highest BCUT2D eigenvalue weighted by Crippen LogP contribution is 2.22. The maximum Gasteiger partial charge on any atom is 0.129 e. The molecule has 0 saturated carbocycles. The van der Waals surface area contributed by atoms with Gasteiger partial charge in [-0.3, -0.25) is 0 Å². The van der Waals surface area contributed by atoms with Crippen molar-refractivity contribution in [2.45, 2.75) is 13.8 Å². The Bertz CT molecular complexity index is 418. The average Bonchev–Trinajstić information content (AvgIpc) is 2.26. The van der Waals surface area contributed by atoms with Crippen molar-refractivity contribution in [3.8, 4) is 0 Å². The number of hydrogen-bond acceptors (Lipinski definition) is 2. The molecule has 0 bridgehead atoms. The molecule has 16 heavy (non-hydrogen) atoms. The molecule has 0 atom stereocenters. The minimum atomic E-state index is 0.477. The van der Waals surface area contributed by atoms with Gasteiger partial charge in [0.05, 0.1) is 11.9 Å². The van der Waals surface area contributed by atoms with Gasteiger partial charge in [0.15, 0.2) is 0 Å². The predicted octanol–water partition coefficient (Wildman–Crippen LogP) is 4.16. The summed E-state index contributed by atoms with van der Waals surface area (Å²) in [6.45, 7) is 11.7. The first-order valence-electron chi connectivity index (χ1n) is 4.94. The Labute approximate surface area is 102 Å². The highest BCUT2D eigenvalue weighted by atomic mass is 35.5. The molecule has 0 radical (unpaired) electrons. The van der Waals surface area contributed by atoms with Crippen LogP contribution in [-0.4, -0.2) is 4.98 Å². The van der Waals surface area contributed by atoms with Crippen molar-refractivity contribution in [2.75, 3.05) is 4.90 Å². The van der Waals surface area contributed by atoms with Gasteiger partial charge in [0.2, 0.25) is 0 Å². The molecule has 0 fully saturated rings. The number of hydrogen-bond donors (Lipinski definition) is 0. The molecule has 0 unspecified atom stereocenters. The summed E-state index contributed by atoms with van der Waals surface area (Å²) in [6, 6.07) is 3.64. The second kappa shape index (κ2) is 5.52. The number of rotatable bonds is 4. The van der Waals surface area contributed by atoms with E-state index in [4.69, 9.17) is 11.6 Å². The van der Waals surface area contributed by atoms with Gasteiger partial charge < -0.3 is 4.90 Å². The van der Waals surface area contributed by atoms with Gasteiger partial charge in [-0.2, -0.15) is 0 Å².